The Balaban J connectivity index is 1.49. The molecule has 146 valence electrons. The van der Waals surface area contributed by atoms with Crippen molar-refractivity contribution in [2.45, 2.75) is 32.1 Å². The number of hydrogen-bond donors (Lipinski definition) is 1. The van der Waals surface area contributed by atoms with Crippen LogP contribution < -0.4 is 9.80 Å². The van der Waals surface area contributed by atoms with Crippen LogP contribution in [0.3, 0.4) is 0 Å². The van der Waals surface area contributed by atoms with Gasteiger partial charge in [0.15, 0.2) is 0 Å². The number of carbonyl (C=O) groups excluding carboxylic acids is 2. The summed E-state index contributed by atoms with van der Waals surface area (Å²) in [6.45, 7) is 2.30. The number of cyclic esters (lactones) is 1. The zero-order chi connectivity index (χ0) is 19.7. The molecule has 0 aliphatic carbocycles. The number of anilines is 2. The van der Waals surface area contributed by atoms with Gasteiger partial charge in [-0.15, -0.1) is 0 Å². The van der Waals surface area contributed by atoms with E-state index in [9.17, 15) is 14.7 Å². The third kappa shape index (κ3) is 3.41. The van der Waals surface area contributed by atoms with Crippen molar-refractivity contribution in [3.63, 3.8) is 0 Å². The Kier molecular flexibility index (Phi) is 4.92. The Hall–Kier alpha value is -3.06. The summed E-state index contributed by atoms with van der Waals surface area (Å²) in [6.07, 6.45) is -0.687. The smallest absolute Gasteiger partial charge is 0.414 e. The number of hydrogen-bond acceptors (Lipinski definition) is 5. The van der Waals surface area contributed by atoms with Crippen LogP contribution in [0.5, 0.6) is 0 Å². The van der Waals surface area contributed by atoms with Crippen LogP contribution in [0.15, 0.2) is 48.5 Å². The summed E-state index contributed by atoms with van der Waals surface area (Å²) in [4.78, 5) is 27.8. The number of aliphatic hydroxyl groups is 1. The molecule has 2 amide bonds. The SMILES string of the molecule is CC1Cc2cc(N3C[C@H](CO)OC3=O)ccc2N1C(=O)OCc1ccccc1. The topological polar surface area (TPSA) is 79.3 Å². The molecular weight excluding hydrogens is 360 g/mol. The number of benzene rings is 2. The van der Waals surface area contributed by atoms with Gasteiger partial charge in [-0.1, -0.05) is 30.3 Å². The Bertz CT molecular complexity index is 886. The van der Waals surface area contributed by atoms with E-state index in [0.29, 0.717) is 18.7 Å². The Labute approximate surface area is 163 Å². The first kappa shape index (κ1) is 18.3. The number of ether oxygens (including phenoxy) is 2. The van der Waals surface area contributed by atoms with E-state index < -0.39 is 12.2 Å². The molecule has 7 heteroatoms. The van der Waals surface area contributed by atoms with Gasteiger partial charge in [0, 0.05) is 11.7 Å². The standard InChI is InChI=1S/C21H22N2O5/c1-14-9-16-10-17(22-11-18(12-24)28-20(22)25)7-8-19(16)23(14)21(26)27-13-15-5-3-2-4-6-15/h2-8,10,14,18,24H,9,11-13H2,1H3/t14?,18-/m1/s1. The van der Waals surface area contributed by atoms with E-state index in [4.69, 9.17) is 9.47 Å². The van der Waals surface area contributed by atoms with Gasteiger partial charge in [0.25, 0.3) is 0 Å². The molecule has 7 nitrogen and oxygen atoms in total. The summed E-state index contributed by atoms with van der Waals surface area (Å²) in [5.41, 5.74) is 3.40. The van der Waals surface area contributed by atoms with Crippen LogP contribution in [0.25, 0.3) is 0 Å². The van der Waals surface area contributed by atoms with Gasteiger partial charge in [0.1, 0.15) is 12.7 Å². The molecule has 1 fully saturated rings. The highest BCUT2D eigenvalue weighted by atomic mass is 16.6. The van der Waals surface area contributed by atoms with Crippen LogP contribution in [0, 0.1) is 0 Å². The largest absolute Gasteiger partial charge is 0.444 e. The van der Waals surface area contributed by atoms with Gasteiger partial charge in [-0.05, 0) is 42.7 Å². The van der Waals surface area contributed by atoms with Crippen molar-refractivity contribution >= 4 is 23.6 Å². The molecule has 0 aromatic heterocycles. The molecule has 0 radical (unpaired) electrons. The third-order valence-corrected chi connectivity index (χ3v) is 5.07. The molecule has 2 heterocycles. The molecule has 0 spiro atoms. The summed E-state index contributed by atoms with van der Waals surface area (Å²) < 4.78 is 10.6. The van der Waals surface area contributed by atoms with Crippen LogP contribution >= 0.6 is 0 Å². The van der Waals surface area contributed by atoms with Gasteiger partial charge in [0.05, 0.1) is 18.8 Å². The second-order valence-corrected chi connectivity index (χ2v) is 7.08. The van der Waals surface area contributed by atoms with Crippen molar-refractivity contribution in [1.29, 1.82) is 0 Å². The molecule has 2 aliphatic heterocycles. The zero-order valence-electron chi connectivity index (χ0n) is 15.6. The van der Waals surface area contributed by atoms with Crippen LogP contribution in [0.4, 0.5) is 21.0 Å². The Morgan fingerprint density at radius 1 is 1.25 bits per heavy atom. The van der Waals surface area contributed by atoms with Crippen molar-refractivity contribution in [3.8, 4) is 0 Å². The van der Waals surface area contributed by atoms with E-state index >= 15 is 0 Å². The van der Waals surface area contributed by atoms with Crippen LogP contribution in [-0.2, 0) is 22.5 Å². The van der Waals surface area contributed by atoms with Crippen LogP contribution in [0.1, 0.15) is 18.1 Å². The lowest BCUT2D eigenvalue weighted by Crippen LogP contribution is -2.36. The number of fused-ring (bicyclic) bond motifs is 1. The maximum atomic E-state index is 12.7. The van der Waals surface area contributed by atoms with Gasteiger partial charge in [-0.2, -0.15) is 0 Å². The second-order valence-electron chi connectivity index (χ2n) is 7.08. The average molecular weight is 382 g/mol. The van der Waals surface area contributed by atoms with E-state index in [1.54, 1.807) is 11.0 Å². The minimum absolute atomic E-state index is 0.0377. The minimum atomic E-state index is -0.510. The highest BCUT2D eigenvalue weighted by Crippen LogP contribution is 2.36. The molecule has 1 saturated heterocycles. The van der Waals surface area contributed by atoms with Crippen molar-refractivity contribution in [2.75, 3.05) is 23.0 Å². The molecule has 2 aromatic rings. The number of amides is 2. The molecular formula is C21H22N2O5. The van der Waals surface area contributed by atoms with Crippen molar-refractivity contribution in [3.05, 3.63) is 59.7 Å². The number of rotatable bonds is 4. The summed E-state index contributed by atoms with van der Waals surface area (Å²) in [7, 11) is 0. The summed E-state index contributed by atoms with van der Waals surface area (Å²) in [5.74, 6) is 0. The van der Waals surface area contributed by atoms with Crippen molar-refractivity contribution in [1.82, 2.24) is 0 Å². The predicted molar refractivity (Wildman–Crippen MR) is 103 cm³/mol. The maximum absolute atomic E-state index is 12.7. The van der Waals surface area contributed by atoms with E-state index in [1.807, 2.05) is 49.4 Å². The monoisotopic (exact) mass is 382 g/mol. The summed E-state index contributed by atoms with van der Waals surface area (Å²) in [6, 6.07) is 15.0. The summed E-state index contributed by atoms with van der Waals surface area (Å²) >= 11 is 0. The first-order valence-corrected chi connectivity index (χ1v) is 9.28. The van der Waals surface area contributed by atoms with E-state index in [0.717, 1.165) is 16.8 Å². The Morgan fingerprint density at radius 3 is 2.75 bits per heavy atom. The van der Waals surface area contributed by atoms with Gasteiger partial charge in [0.2, 0.25) is 0 Å². The summed E-state index contributed by atoms with van der Waals surface area (Å²) in [5, 5.41) is 9.20. The predicted octanol–water partition coefficient (Wildman–Crippen LogP) is 3.09. The van der Waals surface area contributed by atoms with Crippen molar-refractivity contribution in [2.24, 2.45) is 0 Å². The molecule has 0 bridgehead atoms. The lowest BCUT2D eigenvalue weighted by atomic mass is 10.1. The van der Waals surface area contributed by atoms with Gasteiger partial charge >= 0.3 is 12.2 Å². The molecule has 1 N–H and O–H groups in total. The molecule has 2 aliphatic rings. The van der Waals surface area contributed by atoms with E-state index in [-0.39, 0.29) is 25.3 Å². The van der Waals surface area contributed by atoms with E-state index in [1.165, 1.54) is 4.90 Å². The highest BCUT2D eigenvalue weighted by Gasteiger charge is 2.35. The normalized spacial score (nSPS) is 20.9. The van der Waals surface area contributed by atoms with E-state index in [2.05, 4.69) is 0 Å². The lowest BCUT2D eigenvalue weighted by molar-refractivity contribution is 0.0963. The molecule has 2 atom stereocenters. The quantitative estimate of drug-likeness (QED) is 0.879. The number of aliphatic hydroxyl groups excluding tert-OH is 1. The third-order valence-electron chi connectivity index (χ3n) is 5.07. The second kappa shape index (κ2) is 7.52. The molecule has 28 heavy (non-hydrogen) atoms. The minimum Gasteiger partial charge on any atom is -0.444 e. The first-order valence-electron chi connectivity index (χ1n) is 9.28. The highest BCUT2D eigenvalue weighted by molar-refractivity contribution is 5.94. The van der Waals surface area contributed by atoms with Gasteiger partial charge < -0.3 is 14.6 Å². The average Bonchev–Trinajstić information content (AvgIpc) is 3.25. The fourth-order valence-electron chi connectivity index (χ4n) is 3.68. The zero-order valence-corrected chi connectivity index (χ0v) is 15.6. The van der Waals surface area contributed by atoms with Gasteiger partial charge in [-0.25, -0.2) is 9.59 Å². The lowest BCUT2D eigenvalue weighted by Gasteiger charge is -2.22. The molecule has 2 aromatic carbocycles. The van der Waals surface area contributed by atoms with Gasteiger partial charge in [-0.3, -0.25) is 9.80 Å². The van der Waals surface area contributed by atoms with Crippen LogP contribution in [-0.4, -0.2) is 42.6 Å². The fraction of sp³-hybridized carbons (Fsp3) is 0.333. The first-order chi connectivity index (χ1) is 13.6. The van der Waals surface area contributed by atoms with Crippen LogP contribution in [0.2, 0.25) is 0 Å². The fourth-order valence-corrected chi connectivity index (χ4v) is 3.68. The van der Waals surface area contributed by atoms with Crippen molar-refractivity contribution < 1.29 is 24.2 Å². The maximum Gasteiger partial charge on any atom is 0.414 e. The molecule has 4 rings (SSSR count). The molecule has 0 saturated carbocycles. The Morgan fingerprint density at radius 2 is 2.04 bits per heavy atom. The number of nitrogens with zero attached hydrogens (tertiary/aromatic N) is 2. The number of carbonyl (C=O) groups is 2. The molecule has 1 unspecified atom stereocenters.